The lowest BCUT2D eigenvalue weighted by Gasteiger charge is -2.19. The van der Waals surface area contributed by atoms with E-state index in [2.05, 4.69) is 9.97 Å². The van der Waals surface area contributed by atoms with Gasteiger partial charge in [-0.3, -0.25) is 4.79 Å². The topological polar surface area (TPSA) is 83.4 Å². The van der Waals surface area contributed by atoms with E-state index in [-0.39, 0.29) is 12.5 Å². The average Bonchev–Trinajstić information content (AvgIpc) is 2.55. The van der Waals surface area contributed by atoms with Gasteiger partial charge in [0.15, 0.2) is 6.04 Å². The van der Waals surface area contributed by atoms with E-state index < -0.39 is 12.0 Å². The molecule has 0 saturated heterocycles. The molecule has 16 heavy (non-hydrogen) atoms. The maximum atomic E-state index is 11.3. The summed E-state index contributed by atoms with van der Waals surface area (Å²) in [5.74, 6) is -0.752. The van der Waals surface area contributed by atoms with Gasteiger partial charge in [-0.05, 0) is 6.92 Å². The van der Waals surface area contributed by atoms with E-state index >= 15 is 0 Å². The van der Waals surface area contributed by atoms with E-state index in [1.54, 1.807) is 6.92 Å². The number of hydrogen-bond acceptors (Lipinski definition) is 4. The number of fused-ring (bicyclic) bond motifs is 1. The van der Waals surface area contributed by atoms with Gasteiger partial charge in [-0.2, -0.15) is 0 Å². The van der Waals surface area contributed by atoms with Crippen LogP contribution < -0.4 is 0 Å². The van der Waals surface area contributed by atoms with E-state index in [1.807, 2.05) is 0 Å². The van der Waals surface area contributed by atoms with Crippen LogP contribution >= 0.6 is 0 Å². The fraction of sp³-hybridized carbons (Fsp3) is 0.400. The van der Waals surface area contributed by atoms with Crippen LogP contribution in [0.4, 0.5) is 0 Å². The summed E-state index contributed by atoms with van der Waals surface area (Å²) < 4.78 is 0. The van der Waals surface area contributed by atoms with Gasteiger partial charge in [0.1, 0.15) is 5.82 Å². The Bertz CT molecular complexity index is 472. The zero-order valence-corrected chi connectivity index (χ0v) is 8.97. The predicted molar refractivity (Wildman–Crippen MR) is 53.4 cm³/mol. The summed E-state index contributed by atoms with van der Waals surface area (Å²) in [5.41, 5.74) is 1.13. The van der Waals surface area contributed by atoms with Crippen molar-refractivity contribution in [1.29, 1.82) is 0 Å². The fourth-order valence-electron chi connectivity index (χ4n) is 1.86. The number of aromatic nitrogens is 2. The van der Waals surface area contributed by atoms with Crippen LogP contribution in [0.25, 0.3) is 0 Å². The quantitative estimate of drug-likeness (QED) is 0.736. The van der Waals surface area contributed by atoms with E-state index in [0.29, 0.717) is 17.1 Å². The number of carbonyl (C=O) groups is 2. The molecule has 1 unspecified atom stereocenters. The largest absolute Gasteiger partial charge is 0.479 e. The summed E-state index contributed by atoms with van der Waals surface area (Å²) in [5, 5.41) is 9.10. The van der Waals surface area contributed by atoms with Gasteiger partial charge in [0.25, 0.3) is 0 Å². The van der Waals surface area contributed by atoms with Gasteiger partial charge in [0, 0.05) is 18.7 Å². The monoisotopic (exact) mass is 221 g/mol. The summed E-state index contributed by atoms with van der Waals surface area (Å²) in [6, 6.07) is -0.951. The van der Waals surface area contributed by atoms with E-state index in [4.69, 9.17) is 5.11 Å². The standard InChI is InChI=1S/C10H11N3O3/c1-5-11-3-7-8(12-5)4-13(6(2)14)9(7)10(15)16/h3,9H,4H2,1-2H3,(H,15,16). The molecule has 1 aliphatic rings. The van der Waals surface area contributed by atoms with E-state index in [0.717, 1.165) is 0 Å². The van der Waals surface area contributed by atoms with Gasteiger partial charge < -0.3 is 10.0 Å². The normalized spacial score (nSPS) is 18.4. The second-order valence-electron chi connectivity index (χ2n) is 3.71. The highest BCUT2D eigenvalue weighted by molar-refractivity contribution is 5.84. The first kappa shape index (κ1) is 10.5. The lowest BCUT2D eigenvalue weighted by molar-refractivity contribution is -0.149. The molecule has 1 aliphatic heterocycles. The summed E-state index contributed by atoms with van der Waals surface area (Å²) >= 11 is 0. The molecular weight excluding hydrogens is 210 g/mol. The lowest BCUT2D eigenvalue weighted by Crippen LogP contribution is -2.31. The summed E-state index contributed by atoms with van der Waals surface area (Å²) in [6.07, 6.45) is 1.49. The van der Waals surface area contributed by atoms with Crippen molar-refractivity contribution >= 4 is 11.9 Å². The van der Waals surface area contributed by atoms with Gasteiger partial charge in [-0.15, -0.1) is 0 Å². The molecule has 2 rings (SSSR count). The van der Waals surface area contributed by atoms with Crippen molar-refractivity contribution in [3.05, 3.63) is 23.3 Å². The molecule has 6 heteroatoms. The molecule has 0 spiro atoms. The zero-order valence-electron chi connectivity index (χ0n) is 8.97. The molecule has 0 radical (unpaired) electrons. The number of nitrogens with zero attached hydrogens (tertiary/aromatic N) is 3. The highest BCUT2D eigenvalue weighted by Gasteiger charge is 2.38. The minimum atomic E-state index is -1.05. The molecule has 1 amide bonds. The Hall–Kier alpha value is -1.98. The lowest BCUT2D eigenvalue weighted by atomic mass is 10.1. The van der Waals surface area contributed by atoms with Crippen LogP contribution in [0.1, 0.15) is 30.0 Å². The maximum Gasteiger partial charge on any atom is 0.331 e. The van der Waals surface area contributed by atoms with Gasteiger partial charge in [-0.1, -0.05) is 0 Å². The number of carbonyl (C=O) groups excluding carboxylic acids is 1. The Labute approximate surface area is 91.9 Å². The molecule has 0 aliphatic carbocycles. The third kappa shape index (κ3) is 1.52. The van der Waals surface area contributed by atoms with Gasteiger partial charge in [0.2, 0.25) is 5.91 Å². The van der Waals surface area contributed by atoms with Crippen LogP contribution in [0.3, 0.4) is 0 Å². The molecule has 0 bridgehead atoms. The molecule has 1 aromatic heterocycles. The second-order valence-corrected chi connectivity index (χ2v) is 3.71. The number of aliphatic carboxylic acids is 1. The van der Waals surface area contributed by atoms with Crippen LogP contribution in [0, 0.1) is 6.92 Å². The maximum absolute atomic E-state index is 11.3. The zero-order chi connectivity index (χ0) is 11.9. The molecule has 0 fully saturated rings. The molecule has 6 nitrogen and oxygen atoms in total. The van der Waals surface area contributed by atoms with Crippen LogP contribution in [0.2, 0.25) is 0 Å². The van der Waals surface area contributed by atoms with Crippen LogP contribution in [-0.2, 0) is 16.1 Å². The number of aryl methyl sites for hydroxylation is 1. The number of amides is 1. The van der Waals surface area contributed by atoms with Crippen molar-refractivity contribution in [3.63, 3.8) is 0 Å². The predicted octanol–water partition coefficient (Wildman–Crippen LogP) is 0.273. The molecule has 84 valence electrons. The average molecular weight is 221 g/mol. The van der Waals surface area contributed by atoms with Crippen molar-refractivity contribution < 1.29 is 14.7 Å². The highest BCUT2D eigenvalue weighted by Crippen LogP contribution is 2.32. The smallest absolute Gasteiger partial charge is 0.331 e. The van der Waals surface area contributed by atoms with Crippen molar-refractivity contribution in [2.24, 2.45) is 0 Å². The minimum Gasteiger partial charge on any atom is -0.479 e. The Balaban J connectivity index is 2.49. The molecular formula is C10H11N3O3. The highest BCUT2D eigenvalue weighted by atomic mass is 16.4. The molecule has 1 atom stereocenters. The van der Waals surface area contributed by atoms with Gasteiger partial charge >= 0.3 is 5.97 Å². The third-order valence-corrected chi connectivity index (χ3v) is 2.59. The van der Waals surface area contributed by atoms with Crippen LogP contribution in [-0.4, -0.2) is 31.9 Å². The minimum absolute atomic E-state index is 0.241. The molecule has 0 saturated carbocycles. The fourth-order valence-corrected chi connectivity index (χ4v) is 1.86. The van der Waals surface area contributed by atoms with Gasteiger partial charge in [0.05, 0.1) is 12.2 Å². The molecule has 2 heterocycles. The third-order valence-electron chi connectivity index (χ3n) is 2.59. The van der Waals surface area contributed by atoms with Crippen molar-refractivity contribution in [3.8, 4) is 0 Å². The number of rotatable bonds is 1. The summed E-state index contributed by atoms with van der Waals surface area (Å²) in [6.45, 7) is 3.32. The molecule has 0 aromatic carbocycles. The summed E-state index contributed by atoms with van der Waals surface area (Å²) in [4.78, 5) is 31.8. The first-order chi connectivity index (χ1) is 7.50. The van der Waals surface area contributed by atoms with Crippen molar-refractivity contribution in [2.45, 2.75) is 26.4 Å². The Morgan fingerprint density at radius 2 is 2.25 bits per heavy atom. The van der Waals surface area contributed by atoms with Crippen LogP contribution in [0.15, 0.2) is 6.20 Å². The van der Waals surface area contributed by atoms with E-state index in [1.165, 1.54) is 18.0 Å². The van der Waals surface area contributed by atoms with Gasteiger partial charge in [-0.25, -0.2) is 14.8 Å². The first-order valence-corrected chi connectivity index (χ1v) is 4.83. The van der Waals surface area contributed by atoms with Crippen LogP contribution in [0.5, 0.6) is 0 Å². The molecule has 1 N–H and O–H groups in total. The number of carboxylic acid groups (broad SMARTS) is 1. The first-order valence-electron chi connectivity index (χ1n) is 4.83. The number of carboxylic acids is 1. The Morgan fingerprint density at radius 3 is 2.81 bits per heavy atom. The summed E-state index contributed by atoms with van der Waals surface area (Å²) in [7, 11) is 0. The second kappa shape index (κ2) is 3.55. The SMILES string of the molecule is CC(=O)N1Cc2nc(C)ncc2C1C(=O)O. The van der Waals surface area contributed by atoms with Crippen molar-refractivity contribution in [1.82, 2.24) is 14.9 Å². The number of hydrogen-bond donors (Lipinski definition) is 1. The Kier molecular flexibility index (Phi) is 2.34. The van der Waals surface area contributed by atoms with Crippen molar-refractivity contribution in [2.75, 3.05) is 0 Å². The molecule has 1 aromatic rings. The Morgan fingerprint density at radius 1 is 1.56 bits per heavy atom. The van der Waals surface area contributed by atoms with E-state index in [9.17, 15) is 9.59 Å².